The van der Waals surface area contributed by atoms with Crippen molar-refractivity contribution in [1.82, 2.24) is 4.98 Å². The van der Waals surface area contributed by atoms with Crippen LogP contribution >= 0.6 is 12.2 Å². The van der Waals surface area contributed by atoms with E-state index in [2.05, 4.69) is 18.8 Å². The molecule has 1 atom stereocenters. The number of aromatic nitrogens is 1. The van der Waals surface area contributed by atoms with Crippen LogP contribution in [0, 0.1) is 5.92 Å². The normalized spacial score (nSPS) is 12.5. The van der Waals surface area contributed by atoms with Crippen molar-refractivity contribution in [2.75, 3.05) is 0 Å². The van der Waals surface area contributed by atoms with Crippen molar-refractivity contribution in [3.8, 4) is 5.88 Å². The first-order valence-corrected chi connectivity index (χ1v) is 5.82. The summed E-state index contributed by atoms with van der Waals surface area (Å²) in [5, 5.41) is 0. The molecule has 0 spiro atoms. The highest BCUT2D eigenvalue weighted by Crippen LogP contribution is 2.14. The molecule has 0 aliphatic carbocycles. The van der Waals surface area contributed by atoms with Gasteiger partial charge in [-0.1, -0.05) is 26.1 Å². The molecule has 1 aromatic heterocycles. The van der Waals surface area contributed by atoms with Crippen LogP contribution in [-0.4, -0.2) is 16.1 Å². The Kier molecular flexibility index (Phi) is 4.68. The molecule has 0 radical (unpaired) electrons. The summed E-state index contributed by atoms with van der Waals surface area (Å²) in [6.07, 6.45) is 2.80. The third-order valence-electron chi connectivity index (χ3n) is 2.14. The topological polar surface area (TPSA) is 48.1 Å². The minimum Gasteiger partial charge on any atom is -0.475 e. The van der Waals surface area contributed by atoms with E-state index in [1.807, 2.05) is 6.92 Å². The Bertz CT molecular complexity index is 366. The van der Waals surface area contributed by atoms with Gasteiger partial charge in [-0.25, -0.2) is 4.98 Å². The third-order valence-corrected chi connectivity index (χ3v) is 2.38. The lowest BCUT2D eigenvalue weighted by molar-refractivity contribution is 0.185. The minimum absolute atomic E-state index is 0.147. The van der Waals surface area contributed by atoms with Gasteiger partial charge in [-0.2, -0.15) is 0 Å². The number of ether oxygens (including phenoxy) is 1. The highest BCUT2D eigenvalue weighted by Gasteiger charge is 2.08. The maximum atomic E-state index is 5.69. The fraction of sp³-hybridized carbons (Fsp3) is 0.500. The van der Waals surface area contributed by atoms with Gasteiger partial charge in [-0.05, 0) is 25.3 Å². The summed E-state index contributed by atoms with van der Waals surface area (Å²) in [5.74, 6) is 1.19. The Morgan fingerprint density at radius 1 is 1.50 bits per heavy atom. The van der Waals surface area contributed by atoms with Crippen molar-refractivity contribution < 1.29 is 4.74 Å². The second-order valence-electron chi connectivity index (χ2n) is 4.31. The van der Waals surface area contributed by atoms with Crippen molar-refractivity contribution >= 4 is 17.2 Å². The van der Waals surface area contributed by atoms with E-state index in [9.17, 15) is 0 Å². The SMILES string of the molecule is CC(C)CC(C)Oc1cc(C(N)=S)ccn1. The van der Waals surface area contributed by atoms with E-state index in [0.29, 0.717) is 16.8 Å². The molecule has 1 rings (SSSR count). The zero-order valence-electron chi connectivity index (χ0n) is 9.93. The van der Waals surface area contributed by atoms with Crippen LogP contribution in [0.4, 0.5) is 0 Å². The maximum Gasteiger partial charge on any atom is 0.214 e. The zero-order chi connectivity index (χ0) is 12.1. The molecule has 3 nitrogen and oxygen atoms in total. The van der Waals surface area contributed by atoms with Crippen LogP contribution in [0.1, 0.15) is 32.8 Å². The lowest BCUT2D eigenvalue weighted by Crippen LogP contribution is -2.16. The Morgan fingerprint density at radius 3 is 2.75 bits per heavy atom. The van der Waals surface area contributed by atoms with E-state index in [4.69, 9.17) is 22.7 Å². The lowest BCUT2D eigenvalue weighted by Gasteiger charge is -2.16. The Hall–Kier alpha value is -1.16. The molecular weight excluding hydrogens is 220 g/mol. The summed E-state index contributed by atoms with van der Waals surface area (Å²) < 4.78 is 5.69. The first kappa shape index (κ1) is 12.9. The molecule has 2 N–H and O–H groups in total. The van der Waals surface area contributed by atoms with Gasteiger partial charge < -0.3 is 10.5 Å². The number of nitrogens with zero attached hydrogens (tertiary/aromatic N) is 1. The molecule has 0 bridgehead atoms. The van der Waals surface area contributed by atoms with Crippen LogP contribution in [0.15, 0.2) is 18.3 Å². The molecule has 4 heteroatoms. The van der Waals surface area contributed by atoms with Gasteiger partial charge in [0.15, 0.2) is 0 Å². The standard InChI is InChI=1S/C12H18N2OS/c1-8(2)6-9(3)15-11-7-10(12(13)16)4-5-14-11/h4-5,7-9H,6H2,1-3H3,(H2,13,16). The van der Waals surface area contributed by atoms with Gasteiger partial charge in [0, 0.05) is 17.8 Å². The van der Waals surface area contributed by atoms with Gasteiger partial charge in [-0.15, -0.1) is 0 Å². The van der Waals surface area contributed by atoms with Crippen molar-refractivity contribution in [3.63, 3.8) is 0 Å². The second-order valence-corrected chi connectivity index (χ2v) is 4.74. The molecule has 0 aliphatic rings. The molecule has 0 amide bonds. The largest absolute Gasteiger partial charge is 0.475 e. The Morgan fingerprint density at radius 2 is 2.19 bits per heavy atom. The highest BCUT2D eigenvalue weighted by atomic mass is 32.1. The summed E-state index contributed by atoms with van der Waals surface area (Å²) in [6.45, 7) is 6.37. The van der Waals surface area contributed by atoms with Crippen molar-refractivity contribution in [1.29, 1.82) is 0 Å². The van der Waals surface area contributed by atoms with Gasteiger partial charge in [0.25, 0.3) is 0 Å². The predicted octanol–water partition coefficient (Wildman–Crippen LogP) is 2.53. The predicted molar refractivity (Wildman–Crippen MR) is 69.7 cm³/mol. The van der Waals surface area contributed by atoms with E-state index in [1.165, 1.54) is 0 Å². The van der Waals surface area contributed by atoms with E-state index < -0.39 is 0 Å². The van der Waals surface area contributed by atoms with Crippen molar-refractivity contribution in [2.45, 2.75) is 33.3 Å². The van der Waals surface area contributed by atoms with Crippen LogP contribution in [-0.2, 0) is 0 Å². The van der Waals surface area contributed by atoms with E-state index in [-0.39, 0.29) is 6.10 Å². The number of pyridine rings is 1. The first-order valence-electron chi connectivity index (χ1n) is 5.41. The summed E-state index contributed by atoms with van der Waals surface area (Å²) in [7, 11) is 0. The van der Waals surface area contributed by atoms with E-state index in [0.717, 1.165) is 12.0 Å². The molecular formula is C12H18N2OS. The first-order chi connectivity index (χ1) is 7.49. The number of nitrogens with two attached hydrogens (primary N) is 1. The number of rotatable bonds is 5. The maximum absolute atomic E-state index is 5.69. The molecule has 0 saturated carbocycles. The van der Waals surface area contributed by atoms with Gasteiger partial charge in [0.05, 0.1) is 6.10 Å². The van der Waals surface area contributed by atoms with Crippen LogP contribution in [0.2, 0.25) is 0 Å². The smallest absolute Gasteiger partial charge is 0.214 e. The molecule has 0 aromatic carbocycles. The minimum atomic E-state index is 0.147. The number of hydrogen-bond acceptors (Lipinski definition) is 3. The van der Waals surface area contributed by atoms with Crippen molar-refractivity contribution in [2.24, 2.45) is 11.7 Å². The quantitative estimate of drug-likeness (QED) is 0.801. The Labute approximate surface area is 102 Å². The molecule has 1 unspecified atom stereocenters. The third kappa shape index (κ3) is 4.14. The molecule has 0 saturated heterocycles. The van der Waals surface area contributed by atoms with Gasteiger partial charge in [0.1, 0.15) is 4.99 Å². The highest BCUT2D eigenvalue weighted by molar-refractivity contribution is 7.80. The van der Waals surface area contributed by atoms with E-state index in [1.54, 1.807) is 18.3 Å². The summed E-state index contributed by atoms with van der Waals surface area (Å²) >= 11 is 4.90. The number of thiocarbonyl (C=S) groups is 1. The fourth-order valence-corrected chi connectivity index (χ4v) is 1.67. The summed E-state index contributed by atoms with van der Waals surface area (Å²) in [5.41, 5.74) is 6.33. The molecule has 0 fully saturated rings. The van der Waals surface area contributed by atoms with Gasteiger partial charge in [-0.3, -0.25) is 0 Å². The second kappa shape index (κ2) is 5.80. The Balaban J connectivity index is 2.66. The fourth-order valence-electron chi connectivity index (χ4n) is 1.55. The molecule has 16 heavy (non-hydrogen) atoms. The number of hydrogen-bond donors (Lipinski definition) is 1. The summed E-state index contributed by atoms with van der Waals surface area (Å²) in [6, 6.07) is 3.56. The average molecular weight is 238 g/mol. The molecule has 1 aromatic rings. The van der Waals surface area contributed by atoms with Crippen LogP contribution in [0.25, 0.3) is 0 Å². The van der Waals surface area contributed by atoms with E-state index >= 15 is 0 Å². The average Bonchev–Trinajstić information content (AvgIpc) is 2.16. The van der Waals surface area contributed by atoms with Gasteiger partial charge in [0.2, 0.25) is 5.88 Å². The summed E-state index contributed by atoms with van der Waals surface area (Å²) in [4.78, 5) is 4.50. The molecule has 88 valence electrons. The van der Waals surface area contributed by atoms with Crippen LogP contribution < -0.4 is 10.5 Å². The molecule has 0 aliphatic heterocycles. The monoisotopic (exact) mass is 238 g/mol. The lowest BCUT2D eigenvalue weighted by atomic mass is 10.1. The van der Waals surface area contributed by atoms with Crippen molar-refractivity contribution in [3.05, 3.63) is 23.9 Å². The van der Waals surface area contributed by atoms with Crippen LogP contribution in [0.3, 0.4) is 0 Å². The molecule has 1 heterocycles. The zero-order valence-corrected chi connectivity index (χ0v) is 10.8. The van der Waals surface area contributed by atoms with Crippen LogP contribution in [0.5, 0.6) is 5.88 Å². The van der Waals surface area contributed by atoms with Gasteiger partial charge >= 0.3 is 0 Å².